The second-order valence-electron chi connectivity index (χ2n) is 7.26. The van der Waals surface area contributed by atoms with Gasteiger partial charge in [-0.25, -0.2) is 13.8 Å². The van der Waals surface area contributed by atoms with E-state index in [4.69, 9.17) is 4.74 Å². The molecule has 5 nitrogen and oxygen atoms in total. The number of benzene rings is 2. The summed E-state index contributed by atoms with van der Waals surface area (Å²) in [5, 5.41) is 0.560. The Morgan fingerprint density at radius 1 is 1.10 bits per heavy atom. The van der Waals surface area contributed by atoms with Crippen LogP contribution in [0.3, 0.4) is 0 Å². The molecule has 3 aromatic rings. The smallest absolute Gasteiger partial charge is 0.233 e. The van der Waals surface area contributed by atoms with Gasteiger partial charge >= 0.3 is 0 Å². The van der Waals surface area contributed by atoms with Crippen molar-refractivity contribution in [1.29, 1.82) is 0 Å². The van der Waals surface area contributed by atoms with Gasteiger partial charge in [-0.1, -0.05) is 23.5 Å². The van der Waals surface area contributed by atoms with Gasteiger partial charge in [0.05, 0.1) is 29.9 Å². The number of hydrogen-bond acceptors (Lipinski definition) is 5. The summed E-state index contributed by atoms with van der Waals surface area (Å²) in [6, 6.07) is 10.4. The molecule has 1 amide bonds. The Bertz CT molecular complexity index is 1010. The van der Waals surface area contributed by atoms with Crippen molar-refractivity contribution in [2.45, 2.75) is 12.8 Å². The highest BCUT2D eigenvalue weighted by molar-refractivity contribution is 7.22. The number of amides is 1. The van der Waals surface area contributed by atoms with E-state index in [0.29, 0.717) is 21.9 Å². The molecule has 0 radical (unpaired) electrons. The first-order valence-corrected chi connectivity index (χ1v) is 10.8. The van der Waals surface area contributed by atoms with E-state index in [1.165, 1.54) is 35.6 Å². The van der Waals surface area contributed by atoms with Crippen molar-refractivity contribution in [1.82, 2.24) is 9.88 Å². The number of hydrogen-bond donors (Lipinski definition) is 0. The number of fused-ring (bicyclic) bond motifs is 1. The number of halogens is 3. The fourth-order valence-electron chi connectivity index (χ4n) is 3.48. The lowest BCUT2D eigenvalue weighted by Crippen LogP contribution is -2.39. The SMILES string of the molecule is Cl.O=C(Cc1ccc(F)cc1)N(CCCN1CCOCC1)c1nc2ccc(F)cc2s1. The quantitative estimate of drug-likeness (QED) is 0.520. The average Bonchev–Trinajstić information content (AvgIpc) is 3.16. The summed E-state index contributed by atoms with van der Waals surface area (Å²) in [5.41, 5.74) is 1.41. The van der Waals surface area contributed by atoms with Crippen LogP contribution in [0.2, 0.25) is 0 Å². The predicted octanol–water partition coefficient (Wildman–Crippen LogP) is 4.29. The second kappa shape index (κ2) is 10.9. The van der Waals surface area contributed by atoms with E-state index in [-0.39, 0.29) is 36.4 Å². The van der Waals surface area contributed by atoms with Crippen molar-refractivity contribution in [3.8, 4) is 0 Å². The molecule has 1 aliphatic heterocycles. The van der Waals surface area contributed by atoms with Crippen LogP contribution in [0.5, 0.6) is 0 Å². The number of nitrogens with zero attached hydrogens (tertiary/aromatic N) is 3. The van der Waals surface area contributed by atoms with E-state index in [1.807, 2.05) is 0 Å². The highest BCUT2D eigenvalue weighted by Crippen LogP contribution is 2.30. The Morgan fingerprint density at radius 2 is 1.81 bits per heavy atom. The average molecular weight is 468 g/mol. The normalized spacial score (nSPS) is 14.4. The Balaban J connectivity index is 0.00000272. The van der Waals surface area contributed by atoms with Crippen molar-refractivity contribution >= 4 is 45.0 Å². The van der Waals surface area contributed by atoms with Gasteiger partial charge in [0.25, 0.3) is 0 Å². The van der Waals surface area contributed by atoms with Gasteiger partial charge in [-0.15, -0.1) is 12.4 Å². The van der Waals surface area contributed by atoms with Crippen LogP contribution in [0.15, 0.2) is 42.5 Å². The third kappa shape index (κ3) is 6.20. The third-order valence-electron chi connectivity index (χ3n) is 5.10. The number of carbonyl (C=O) groups excluding carboxylic acids is 1. The maximum Gasteiger partial charge on any atom is 0.233 e. The van der Waals surface area contributed by atoms with Crippen molar-refractivity contribution in [3.63, 3.8) is 0 Å². The van der Waals surface area contributed by atoms with Crippen LogP contribution in [-0.4, -0.2) is 55.2 Å². The maximum atomic E-state index is 13.6. The van der Waals surface area contributed by atoms with E-state index in [2.05, 4.69) is 9.88 Å². The van der Waals surface area contributed by atoms with Gasteiger partial charge in [0, 0.05) is 26.2 Å². The van der Waals surface area contributed by atoms with Gasteiger partial charge in [-0.3, -0.25) is 14.6 Å². The zero-order valence-electron chi connectivity index (χ0n) is 16.9. The Morgan fingerprint density at radius 3 is 2.55 bits per heavy atom. The molecular formula is C22H24ClF2N3O2S. The fraction of sp³-hybridized carbons (Fsp3) is 0.364. The predicted molar refractivity (Wildman–Crippen MR) is 121 cm³/mol. The molecule has 0 spiro atoms. The third-order valence-corrected chi connectivity index (χ3v) is 6.14. The molecule has 0 aliphatic carbocycles. The first kappa shape index (κ1) is 23.5. The number of aromatic nitrogens is 1. The molecule has 166 valence electrons. The summed E-state index contributed by atoms with van der Waals surface area (Å²) in [5.74, 6) is -0.765. The lowest BCUT2D eigenvalue weighted by Gasteiger charge is -2.27. The minimum absolute atomic E-state index is 0. The van der Waals surface area contributed by atoms with Crippen LogP contribution >= 0.6 is 23.7 Å². The van der Waals surface area contributed by atoms with Crippen LogP contribution in [-0.2, 0) is 16.0 Å². The molecule has 2 heterocycles. The van der Waals surface area contributed by atoms with Crippen LogP contribution in [0.25, 0.3) is 10.2 Å². The van der Waals surface area contributed by atoms with Gasteiger partial charge in [-0.2, -0.15) is 0 Å². The van der Waals surface area contributed by atoms with E-state index >= 15 is 0 Å². The molecule has 31 heavy (non-hydrogen) atoms. The molecule has 0 saturated carbocycles. The minimum atomic E-state index is -0.332. The molecule has 1 aromatic heterocycles. The van der Waals surface area contributed by atoms with Crippen LogP contribution in [0, 0.1) is 11.6 Å². The number of thiazole rings is 1. The maximum absolute atomic E-state index is 13.6. The first-order valence-electron chi connectivity index (χ1n) is 9.99. The summed E-state index contributed by atoms with van der Waals surface area (Å²) in [7, 11) is 0. The fourth-order valence-corrected chi connectivity index (χ4v) is 4.51. The molecular weight excluding hydrogens is 444 g/mol. The lowest BCUT2D eigenvalue weighted by molar-refractivity contribution is -0.118. The van der Waals surface area contributed by atoms with Crippen molar-refractivity contribution in [2.24, 2.45) is 0 Å². The molecule has 4 rings (SSSR count). The molecule has 0 bridgehead atoms. The van der Waals surface area contributed by atoms with Gasteiger partial charge in [0.1, 0.15) is 11.6 Å². The molecule has 0 N–H and O–H groups in total. The standard InChI is InChI=1S/C22H23F2N3O2S.ClH/c23-17-4-2-16(3-5-17)14-21(28)27(9-1-8-26-10-12-29-13-11-26)22-25-19-7-6-18(24)15-20(19)30-22;/h2-7,15H,1,8-14H2;1H. The van der Waals surface area contributed by atoms with E-state index in [0.717, 1.165) is 44.8 Å². The van der Waals surface area contributed by atoms with Gasteiger partial charge in [0.2, 0.25) is 5.91 Å². The summed E-state index contributed by atoms with van der Waals surface area (Å²) in [4.78, 5) is 21.7. The van der Waals surface area contributed by atoms with Gasteiger partial charge in [-0.05, 0) is 42.3 Å². The molecule has 1 fully saturated rings. The summed E-state index contributed by atoms with van der Waals surface area (Å²) in [6.45, 7) is 4.63. The Hall–Kier alpha value is -2.13. The largest absolute Gasteiger partial charge is 0.379 e. The number of anilines is 1. The zero-order chi connectivity index (χ0) is 20.9. The molecule has 1 aliphatic rings. The molecule has 2 aromatic carbocycles. The van der Waals surface area contributed by atoms with Crippen molar-refractivity contribution in [2.75, 3.05) is 44.3 Å². The summed E-state index contributed by atoms with van der Waals surface area (Å²) < 4.78 is 32.9. The van der Waals surface area contributed by atoms with Gasteiger partial charge < -0.3 is 4.74 Å². The molecule has 0 atom stereocenters. The van der Waals surface area contributed by atoms with E-state index in [1.54, 1.807) is 23.1 Å². The highest BCUT2D eigenvalue weighted by Gasteiger charge is 2.21. The van der Waals surface area contributed by atoms with Crippen LogP contribution in [0.1, 0.15) is 12.0 Å². The second-order valence-corrected chi connectivity index (χ2v) is 8.27. The molecule has 9 heteroatoms. The molecule has 0 unspecified atom stereocenters. The van der Waals surface area contributed by atoms with Gasteiger partial charge in [0.15, 0.2) is 5.13 Å². The van der Waals surface area contributed by atoms with Crippen molar-refractivity contribution in [3.05, 3.63) is 59.7 Å². The zero-order valence-corrected chi connectivity index (χ0v) is 18.6. The monoisotopic (exact) mass is 467 g/mol. The van der Waals surface area contributed by atoms with Crippen LogP contribution < -0.4 is 4.90 Å². The summed E-state index contributed by atoms with van der Waals surface area (Å²) >= 11 is 1.31. The minimum Gasteiger partial charge on any atom is -0.379 e. The highest BCUT2D eigenvalue weighted by atomic mass is 35.5. The van der Waals surface area contributed by atoms with E-state index < -0.39 is 0 Å². The first-order chi connectivity index (χ1) is 14.6. The number of carbonyl (C=O) groups is 1. The number of morpholine rings is 1. The Kier molecular flexibility index (Phi) is 8.31. The number of ether oxygens (including phenoxy) is 1. The topological polar surface area (TPSA) is 45.7 Å². The lowest BCUT2D eigenvalue weighted by atomic mass is 10.1. The van der Waals surface area contributed by atoms with E-state index in [9.17, 15) is 13.6 Å². The molecule has 1 saturated heterocycles. The van der Waals surface area contributed by atoms with Crippen molar-refractivity contribution < 1.29 is 18.3 Å². The van der Waals surface area contributed by atoms with Crippen LogP contribution in [0.4, 0.5) is 13.9 Å². The Labute approximate surface area is 190 Å². The summed E-state index contributed by atoms with van der Waals surface area (Å²) in [6.07, 6.45) is 0.946. The number of rotatable bonds is 7.